The number of hydrogen-bond acceptors (Lipinski definition) is 10. The van der Waals surface area contributed by atoms with E-state index < -0.39 is 36.4 Å². The maximum absolute atomic E-state index is 12.3. The molecule has 2 saturated heterocycles. The Morgan fingerprint density at radius 1 is 1.00 bits per heavy atom. The van der Waals surface area contributed by atoms with Crippen molar-refractivity contribution in [1.29, 1.82) is 0 Å². The van der Waals surface area contributed by atoms with E-state index in [1.54, 1.807) is 6.07 Å². The van der Waals surface area contributed by atoms with Crippen LogP contribution in [0.25, 0.3) is 0 Å². The van der Waals surface area contributed by atoms with E-state index in [9.17, 15) is 19.2 Å². The number of likely N-dealkylation sites (tertiary alicyclic amines) is 1. The van der Waals surface area contributed by atoms with E-state index in [2.05, 4.69) is 38.6 Å². The van der Waals surface area contributed by atoms with Crippen LogP contribution in [0.4, 0.5) is 5.95 Å². The summed E-state index contributed by atoms with van der Waals surface area (Å²) in [7, 11) is 0. The Bertz CT molecular complexity index is 1260. The highest BCUT2D eigenvalue weighted by atomic mass is 16.4. The van der Waals surface area contributed by atoms with Crippen LogP contribution >= 0.6 is 0 Å². The molecule has 0 spiro atoms. The summed E-state index contributed by atoms with van der Waals surface area (Å²) >= 11 is 0. The average molecular weight is 589 g/mol. The SMILES string of the molecule is CC(C)c1ncc(CN2CCCC(c3cc(=O)[nH]c(N4CCCCC4)n3)C2)cn1.O=C(O)CC(O)(CC(=O)O)C(=O)O. The second kappa shape index (κ2) is 14.8. The summed E-state index contributed by atoms with van der Waals surface area (Å²) in [5, 5.41) is 33.8. The molecule has 0 bridgehead atoms. The summed E-state index contributed by atoms with van der Waals surface area (Å²) in [6.07, 6.45) is 7.41. The molecule has 0 saturated carbocycles. The molecule has 2 aliphatic rings. The zero-order valence-corrected chi connectivity index (χ0v) is 24.0. The van der Waals surface area contributed by atoms with Gasteiger partial charge in [-0.1, -0.05) is 13.8 Å². The highest BCUT2D eigenvalue weighted by Crippen LogP contribution is 2.27. The van der Waals surface area contributed by atoms with Crippen molar-refractivity contribution in [3.63, 3.8) is 0 Å². The lowest BCUT2D eigenvalue weighted by molar-refractivity contribution is -0.170. The molecular formula is C28H40N6O8. The van der Waals surface area contributed by atoms with Gasteiger partial charge in [-0.3, -0.25) is 24.3 Å². The number of hydrogen-bond donors (Lipinski definition) is 5. The Kier molecular flexibility index (Phi) is 11.5. The fourth-order valence-electron chi connectivity index (χ4n) is 5.09. The van der Waals surface area contributed by atoms with Gasteiger partial charge in [-0.15, -0.1) is 0 Å². The molecule has 2 aromatic heterocycles. The van der Waals surface area contributed by atoms with Crippen LogP contribution < -0.4 is 10.5 Å². The third-order valence-corrected chi connectivity index (χ3v) is 7.26. The van der Waals surface area contributed by atoms with Crippen molar-refractivity contribution < 1.29 is 34.8 Å². The van der Waals surface area contributed by atoms with Gasteiger partial charge in [-0.05, 0) is 38.6 Å². The maximum Gasteiger partial charge on any atom is 0.336 e. The molecule has 2 fully saturated rings. The van der Waals surface area contributed by atoms with Gasteiger partial charge in [0.2, 0.25) is 5.95 Å². The van der Waals surface area contributed by atoms with Crippen LogP contribution in [-0.4, -0.2) is 94.9 Å². The van der Waals surface area contributed by atoms with Gasteiger partial charge in [0, 0.05) is 62.0 Å². The highest BCUT2D eigenvalue weighted by molar-refractivity contribution is 5.88. The van der Waals surface area contributed by atoms with Gasteiger partial charge in [0.25, 0.3) is 5.56 Å². The summed E-state index contributed by atoms with van der Waals surface area (Å²) in [5.74, 6) is -2.73. The van der Waals surface area contributed by atoms with Gasteiger partial charge >= 0.3 is 17.9 Å². The molecule has 1 atom stereocenters. The molecule has 0 radical (unpaired) electrons. The number of aromatic amines is 1. The van der Waals surface area contributed by atoms with E-state index in [0.29, 0.717) is 11.8 Å². The van der Waals surface area contributed by atoms with Crippen molar-refractivity contribution in [2.45, 2.75) is 82.8 Å². The lowest BCUT2D eigenvalue weighted by atomic mass is 9.94. The molecule has 2 aliphatic heterocycles. The van der Waals surface area contributed by atoms with E-state index in [1.807, 2.05) is 12.4 Å². The Morgan fingerprint density at radius 3 is 2.17 bits per heavy atom. The minimum absolute atomic E-state index is 0.0367. The van der Waals surface area contributed by atoms with Crippen molar-refractivity contribution in [3.8, 4) is 0 Å². The normalized spacial score (nSPS) is 17.8. The Balaban J connectivity index is 0.000000316. The van der Waals surface area contributed by atoms with E-state index in [1.165, 1.54) is 19.3 Å². The number of H-pyrrole nitrogens is 1. The molecule has 14 nitrogen and oxygen atoms in total. The van der Waals surface area contributed by atoms with E-state index >= 15 is 0 Å². The number of anilines is 1. The number of aliphatic carboxylic acids is 3. The van der Waals surface area contributed by atoms with Gasteiger partial charge in [0.1, 0.15) is 5.82 Å². The average Bonchev–Trinajstić information content (AvgIpc) is 2.93. The quantitative estimate of drug-likeness (QED) is 0.268. The summed E-state index contributed by atoms with van der Waals surface area (Å²) in [6, 6.07) is 1.70. The number of carboxylic acid groups (broad SMARTS) is 3. The number of nitrogens with zero attached hydrogens (tertiary/aromatic N) is 5. The van der Waals surface area contributed by atoms with Gasteiger partial charge in [0.15, 0.2) is 5.60 Å². The summed E-state index contributed by atoms with van der Waals surface area (Å²) in [4.78, 5) is 64.3. The molecule has 42 heavy (non-hydrogen) atoms. The van der Waals surface area contributed by atoms with Gasteiger partial charge in [0.05, 0.1) is 18.5 Å². The monoisotopic (exact) mass is 588 g/mol. The van der Waals surface area contributed by atoms with Crippen LogP contribution in [0, 0.1) is 0 Å². The van der Waals surface area contributed by atoms with Gasteiger partial charge in [-0.25, -0.2) is 19.7 Å². The van der Waals surface area contributed by atoms with Crippen LogP contribution in [0.2, 0.25) is 0 Å². The summed E-state index contributed by atoms with van der Waals surface area (Å²) < 4.78 is 0. The molecule has 0 aliphatic carbocycles. The second-order valence-corrected chi connectivity index (χ2v) is 11.2. The lowest BCUT2D eigenvalue weighted by Crippen LogP contribution is -2.42. The third kappa shape index (κ3) is 9.58. The molecule has 1 unspecified atom stereocenters. The zero-order chi connectivity index (χ0) is 30.9. The van der Waals surface area contributed by atoms with Gasteiger partial charge < -0.3 is 25.3 Å². The smallest absolute Gasteiger partial charge is 0.336 e. The maximum atomic E-state index is 12.3. The molecule has 230 valence electrons. The first-order valence-corrected chi connectivity index (χ1v) is 14.1. The number of nitrogens with one attached hydrogen (secondary N) is 1. The predicted octanol–water partition coefficient (Wildman–Crippen LogP) is 1.80. The fourth-order valence-corrected chi connectivity index (χ4v) is 5.09. The molecule has 14 heteroatoms. The molecule has 0 amide bonds. The number of aliphatic hydroxyl groups is 1. The largest absolute Gasteiger partial charge is 0.481 e. The van der Waals surface area contributed by atoms with Crippen LogP contribution in [0.1, 0.15) is 87.7 Å². The zero-order valence-electron chi connectivity index (χ0n) is 24.0. The standard InChI is InChI=1S/C22H32N6O.C6H8O7/c1-16(2)21-23-12-17(13-24-21)14-27-8-6-7-18(15-27)19-11-20(29)26-22(25-19)28-9-4-3-5-10-28;7-3(8)1-6(13,5(11)12)2-4(9)10/h11-13,16,18H,3-10,14-15H2,1-2H3,(H,25,26,29);13H,1-2H2,(H,7,8)(H,9,10)(H,11,12). The van der Waals surface area contributed by atoms with Crippen LogP contribution in [0.5, 0.6) is 0 Å². The van der Waals surface area contributed by atoms with Crippen LogP contribution in [0.15, 0.2) is 23.3 Å². The number of carboxylic acids is 3. The van der Waals surface area contributed by atoms with Crippen LogP contribution in [0.3, 0.4) is 0 Å². The topological polar surface area (TPSA) is 210 Å². The Labute approximate surface area is 243 Å². The number of carbonyl (C=O) groups is 3. The van der Waals surface area contributed by atoms with E-state index in [4.69, 9.17) is 25.4 Å². The third-order valence-electron chi connectivity index (χ3n) is 7.26. The van der Waals surface area contributed by atoms with Crippen molar-refractivity contribution in [2.24, 2.45) is 0 Å². The van der Waals surface area contributed by atoms with Crippen molar-refractivity contribution in [2.75, 3.05) is 31.1 Å². The number of piperidine rings is 2. The van der Waals surface area contributed by atoms with Crippen molar-refractivity contribution in [3.05, 3.63) is 45.9 Å². The summed E-state index contributed by atoms with van der Waals surface area (Å²) in [6.45, 7) is 9.00. The first-order chi connectivity index (χ1) is 19.9. The van der Waals surface area contributed by atoms with E-state index in [-0.39, 0.29) is 5.56 Å². The van der Waals surface area contributed by atoms with Crippen molar-refractivity contribution >= 4 is 23.9 Å². The van der Waals surface area contributed by atoms with E-state index in [0.717, 1.165) is 68.6 Å². The Morgan fingerprint density at radius 2 is 1.62 bits per heavy atom. The number of aromatic nitrogens is 4. The minimum Gasteiger partial charge on any atom is -0.481 e. The molecule has 0 aromatic carbocycles. The summed E-state index contributed by atoms with van der Waals surface area (Å²) in [5.41, 5.74) is -0.698. The minimum atomic E-state index is -2.74. The molecule has 4 heterocycles. The fraction of sp³-hybridized carbons (Fsp3) is 0.607. The molecule has 5 N–H and O–H groups in total. The molecular weight excluding hydrogens is 548 g/mol. The van der Waals surface area contributed by atoms with Crippen LogP contribution in [-0.2, 0) is 20.9 Å². The highest BCUT2D eigenvalue weighted by Gasteiger charge is 2.40. The molecule has 4 rings (SSSR count). The first-order valence-electron chi connectivity index (χ1n) is 14.1. The number of rotatable bonds is 10. The Hall–Kier alpha value is -3.91. The van der Waals surface area contributed by atoms with Gasteiger partial charge in [-0.2, -0.15) is 0 Å². The molecule has 2 aromatic rings. The first kappa shape index (κ1) is 32.6. The lowest BCUT2D eigenvalue weighted by Gasteiger charge is -2.33. The predicted molar refractivity (Wildman–Crippen MR) is 151 cm³/mol. The second-order valence-electron chi connectivity index (χ2n) is 11.2. The van der Waals surface area contributed by atoms with Crippen molar-refractivity contribution in [1.82, 2.24) is 24.8 Å².